The van der Waals surface area contributed by atoms with Crippen molar-refractivity contribution in [3.05, 3.63) is 62.6 Å². The number of H-pyrrole nitrogens is 1. The average molecular weight is 408 g/mol. The fourth-order valence-corrected chi connectivity index (χ4v) is 4.50. The van der Waals surface area contributed by atoms with Crippen molar-refractivity contribution in [3.8, 4) is 0 Å². The number of rotatable bonds is 6. The molecular weight excluding hydrogens is 388 g/mol. The number of Topliss-reactive ketones (excluding diaryl/α,β-unsaturated/α-hetero) is 1. The highest BCUT2D eigenvalue weighted by atomic mass is 32.2. The van der Waals surface area contributed by atoms with Crippen LogP contribution in [0.5, 0.6) is 0 Å². The van der Waals surface area contributed by atoms with Crippen LogP contribution >= 0.6 is 11.8 Å². The lowest BCUT2D eigenvalue weighted by Gasteiger charge is -2.14. The number of fused-ring (bicyclic) bond motifs is 1. The Bertz CT molecular complexity index is 1230. The van der Waals surface area contributed by atoms with E-state index in [1.807, 2.05) is 25.1 Å². The van der Waals surface area contributed by atoms with Crippen molar-refractivity contribution < 1.29 is 4.79 Å². The zero-order valence-corrected chi connectivity index (χ0v) is 16.7. The monoisotopic (exact) mass is 408 g/mol. The van der Waals surface area contributed by atoms with Gasteiger partial charge in [-0.05, 0) is 32.6 Å². The fourth-order valence-electron chi connectivity index (χ4n) is 3.47. The van der Waals surface area contributed by atoms with Crippen molar-refractivity contribution in [1.82, 2.24) is 19.5 Å². The number of thioether (sulfide) groups is 1. The van der Waals surface area contributed by atoms with Gasteiger partial charge in [0.2, 0.25) is 0 Å². The maximum Gasteiger partial charge on any atom is 0.330 e. The predicted molar refractivity (Wildman–Crippen MR) is 111 cm³/mol. The summed E-state index contributed by atoms with van der Waals surface area (Å²) in [6.45, 7) is 1.82. The summed E-state index contributed by atoms with van der Waals surface area (Å²) in [5.74, 6) is 0.905. The molecule has 1 unspecified atom stereocenters. The van der Waals surface area contributed by atoms with E-state index in [-0.39, 0.29) is 17.7 Å². The van der Waals surface area contributed by atoms with Crippen LogP contribution in [0, 0.1) is 0 Å². The van der Waals surface area contributed by atoms with E-state index in [1.165, 1.54) is 11.8 Å². The molecule has 0 aliphatic heterocycles. The second kappa shape index (κ2) is 6.95. The Morgan fingerprint density at radius 2 is 1.86 bits per heavy atom. The Morgan fingerprint density at radius 3 is 2.52 bits per heavy atom. The number of ketones is 1. The summed E-state index contributed by atoms with van der Waals surface area (Å²) in [6, 6.07) is 9.16. The van der Waals surface area contributed by atoms with E-state index in [0.717, 1.165) is 25.7 Å². The molecule has 0 spiro atoms. The number of hydrogen-bond donors (Lipinski definition) is 1. The molecule has 5 rings (SSSR count). The smallest absolute Gasteiger partial charge is 0.293 e. The van der Waals surface area contributed by atoms with E-state index in [0.29, 0.717) is 27.4 Å². The Kier molecular flexibility index (Phi) is 4.38. The summed E-state index contributed by atoms with van der Waals surface area (Å²) >= 11 is 1.26. The first-order valence-electron chi connectivity index (χ1n) is 9.85. The van der Waals surface area contributed by atoms with Crippen molar-refractivity contribution in [3.63, 3.8) is 0 Å². The van der Waals surface area contributed by atoms with Crippen LogP contribution in [0.1, 0.15) is 60.7 Å². The van der Waals surface area contributed by atoms with Crippen molar-refractivity contribution in [2.75, 3.05) is 0 Å². The zero-order valence-electron chi connectivity index (χ0n) is 15.9. The predicted octanol–water partition coefficient (Wildman–Crippen LogP) is 3.06. The van der Waals surface area contributed by atoms with E-state index in [2.05, 4.69) is 15.0 Å². The van der Waals surface area contributed by atoms with Crippen molar-refractivity contribution in [2.24, 2.45) is 0 Å². The zero-order chi connectivity index (χ0) is 20.1. The molecule has 148 valence electrons. The summed E-state index contributed by atoms with van der Waals surface area (Å²) in [5, 5.41) is 0.353. The number of aromatic nitrogens is 4. The van der Waals surface area contributed by atoms with Gasteiger partial charge in [0.15, 0.2) is 11.4 Å². The second-order valence-corrected chi connectivity index (χ2v) is 9.04. The molecule has 8 heteroatoms. The van der Waals surface area contributed by atoms with Crippen LogP contribution < -0.4 is 11.2 Å². The number of carbonyl (C=O) groups is 1. The molecule has 3 aromatic rings. The number of carbonyl (C=O) groups excluding carboxylic acids is 1. The molecule has 2 saturated carbocycles. The molecule has 2 heterocycles. The van der Waals surface area contributed by atoms with Gasteiger partial charge in [-0.1, -0.05) is 42.1 Å². The minimum Gasteiger partial charge on any atom is -0.293 e. The first kappa shape index (κ1) is 18.3. The molecule has 1 atom stereocenters. The Balaban J connectivity index is 1.63. The molecule has 0 bridgehead atoms. The van der Waals surface area contributed by atoms with E-state index in [4.69, 9.17) is 0 Å². The van der Waals surface area contributed by atoms with Crippen LogP contribution in [0.25, 0.3) is 11.0 Å². The van der Waals surface area contributed by atoms with Crippen LogP contribution in [0.2, 0.25) is 0 Å². The highest BCUT2D eigenvalue weighted by Crippen LogP contribution is 2.41. The van der Waals surface area contributed by atoms with Gasteiger partial charge in [-0.25, -0.2) is 14.8 Å². The van der Waals surface area contributed by atoms with E-state index < -0.39 is 16.5 Å². The Morgan fingerprint density at radius 1 is 1.14 bits per heavy atom. The molecule has 0 radical (unpaired) electrons. The molecule has 7 nitrogen and oxygen atoms in total. The van der Waals surface area contributed by atoms with E-state index in [9.17, 15) is 14.4 Å². The molecule has 0 saturated heterocycles. The summed E-state index contributed by atoms with van der Waals surface area (Å²) < 4.78 is 1.60. The summed E-state index contributed by atoms with van der Waals surface area (Å²) in [7, 11) is 0. The van der Waals surface area contributed by atoms with Gasteiger partial charge < -0.3 is 0 Å². The van der Waals surface area contributed by atoms with Crippen LogP contribution in [-0.2, 0) is 0 Å². The minimum absolute atomic E-state index is 0.0257. The third-order valence-corrected chi connectivity index (χ3v) is 6.43. The van der Waals surface area contributed by atoms with Crippen LogP contribution in [0.3, 0.4) is 0 Å². The van der Waals surface area contributed by atoms with Crippen LogP contribution in [-0.4, -0.2) is 30.6 Å². The first-order valence-corrected chi connectivity index (χ1v) is 10.7. The van der Waals surface area contributed by atoms with Gasteiger partial charge in [0.25, 0.3) is 5.56 Å². The van der Waals surface area contributed by atoms with Gasteiger partial charge in [0, 0.05) is 17.5 Å². The number of nitrogens with zero attached hydrogens (tertiary/aromatic N) is 3. The summed E-state index contributed by atoms with van der Waals surface area (Å²) in [5.41, 5.74) is 0.109. The van der Waals surface area contributed by atoms with Gasteiger partial charge >= 0.3 is 5.69 Å². The van der Waals surface area contributed by atoms with Gasteiger partial charge in [0.05, 0.1) is 5.25 Å². The van der Waals surface area contributed by atoms with Gasteiger partial charge in [0.1, 0.15) is 16.2 Å². The number of benzene rings is 1. The number of aromatic amines is 1. The summed E-state index contributed by atoms with van der Waals surface area (Å²) in [6.07, 6.45) is 3.81. The molecule has 1 N–H and O–H groups in total. The highest BCUT2D eigenvalue weighted by molar-refractivity contribution is 8.00. The molecule has 1 aromatic carbocycles. The van der Waals surface area contributed by atoms with Gasteiger partial charge in [-0.15, -0.1) is 0 Å². The largest absolute Gasteiger partial charge is 0.330 e. The third kappa shape index (κ3) is 3.42. The maximum atomic E-state index is 12.8. The Hall–Kier alpha value is -2.74. The quantitative estimate of drug-likeness (QED) is 0.382. The highest BCUT2D eigenvalue weighted by Gasteiger charge is 2.33. The van der Waals surface area contributed by atoms with Gasteiger partial charge in [-0.3, -0.25) is 19.1 Å². The average Bonchev–Trinajstić information content (AvgIpc) is 3.61. The maximum absolute atomic E-state index is 12.8. The lowest BCUT2D eigenvalue weighted by Crippen LogP contribution is -2.31. The molecule has 2 fully saturated rings. The lowest BCUT2D eigenvalue weighted by atomic mass is 10.1. The van der Waals surface area contributed by atoms with E-state index >= 15 is 0 Å². The van der Waals surface area contributed by atoms with Gasteiger partial charge in [-0.2, -0.15) is 0 Å². The van der Waals surface area contributed by atoms with Crippen LogP contribution in [0.15, 0.2) is 44.9 Å². The third-order valence-electron chi connectivity index (χ3n) is 5.34. The minimum atomic E-state index is -0.494. The fraction of sp³-hybridized carbons (Fsp3) is 0.381. The molecule has 2 aromatic heterocycles. The molecule has 29 heavy (non-hydrogen) atoms. The SMILES string of the molecule is CC(Sc1nc(C2CC2)nc2c1c(=O)[nH]c(=O)n2C1CC1)C(=O)c1ccccc1. The molecular formula is C21H20N4O3S. The van der Waals surface area contributed by atoms with Crippen LogP contribution in [0.4, 0.5) is 0 Å². The van der Waals surface area contributed by atoms with Crippen molar-refractivity contribution >= 4 is 28.6 Å². The Labute approximate surface area is 170 Å². The second-order valence-electron chi connectivity index (χ2n) is 7.71. The number of nitrogens with one attached hydrogen (secondary N) is 1. The van der Waals surface area contributed by atoms with Crippen molar-refractivity contribution in [2.45, 2.75) is 54.8 Å². The summed E-state index contributed by atoms with van der Waals surface area (Å²) in [4.78, 5) is 49.7. The van der Waals surface area contributed by atoms with Crippen molar-refractivity contribution in [1.29, 1.82) is 0 Å². The molecule has 0 amide bonds. The first-order chi connectivity index (χ1) is 14.0. The molecule has 2 aliphatic carbocycles. The lowest BCUT2D eigenvalue weighted by molar-refractivity contribution is 0.0994. The number of hydrogen-bond acceptors (Lipinski definition) is 6. The molecule has 2 aliphatic rings. The normalized spacial score (nSPS) is 17.4. The standard InChI is InChI=1S/C21H20N4O3S/c1-11(16(26)12-5-3-2-4-6-12)29-20-15-18(22-17(23-20)13-7-8-13)25(14-9-10-14)21(28)24-19(15)27/h2-6,11,13-14H,7-10H2,1H3,(H,24,27,28). The topological polar surface area (TPSA) is 97.7 Å². The van der Waals surface area contributed by atoms with E-state index in [1.54, 1.807) is 16.7 Å².